The summed E-state index contributed by atoms with van der Waals surface area (Å²) in [7, 11) is 1.60. The number of amides is 2. The molecule has 0 rings (SSSR count). The maximum absolute atomic E-state index is 10.9. The number of hydrogen-bond donors (Lipinski definition) is 3. The first-order chi connectivity index (χ1) is 6.40. The Morgan fingerprint density at radius 1 is 1.36 bits per heavy atom. The van der Waals surface area contributed by atoms with Gasteiger partial charge in [-0.1, -0.05) is 0 Å². The van der Waals surface area contributed by atoms with Crippen molar-refractivity contribution in [2.75, 3.05) is 13.6 Å². The summed E-state index contributed by atoms with van der Waals surface area (Å²) in [6, 6.07) is 0. The van der Waals surface area contributed by atoms with E-state index in [9.17, 15) is 9.59 Å². The highest BCUT2D eigenvalue weighted by atomic mass is 16.2. The Hall–Kier alpha value is -1.10. The third-order valence-electron chi connectivity index (χ3n) is 2.04. The van der Waals surface area contributed by atoms with Crippen LogP contribution in [0.25, 0.3) is 0 Å². The molecule has 0 atom stereocenters. The van der Waals surface area contributed by atoms with Gasteiger partial charge in [-0.3, -0.25) is 9.59 Å². The van der Waals surface area contributed by atoms with Crippen LogP contribution in [0.2, 0.25) is 0 Å². The third-order valence-corrected chi connectivity index (χ3v) is 2.04. The van der Waals surface area contributed by atoms with Crippen LogP contribution in [0.4, 0.5) is 0 Å². The molecule has 0 fully saturated rings. The highest BCUT2D eigenvalue weighted by molar-refractivity contribution is 5.83. The normalized spacial score (nSPS) is 11.1. The van der Waals surface area contributed by atoms with Gasteiger partial charge in [-0.15, -0.1) is 0 Å². The SMILES string of the molecule is CNC(=O)CCCNC(C)(C)C(N)=O. The molecule has 82 valence electrons. The van der Waals surface area contributed by atoms with Crippen LogP contribution in [0, 0.1) is 0 Å². The second kappa shape index (κ2) is 5.59. The van der Waals surface area contributed by atoms with E-state index in [1.807, 2.05) is 0 Å². The van der Waals surface area contributed by atoms with Crippen molar-refractivity contribution >= 4 is 11.8 Å². The van der Waals surface area contributed by atoms with Crippen molar-refractivity contribution in [3.63, 3.8) is 0 Å². The smallest absolute Gasteiger partial charge is 0.237 e. The predicted molar refractivity (Wildman–Crippen MR) is 54.6 cm³/mol. The molecule has 5 nitrogen and oxygen atoms in total. The molecule has 0 bridgehead atoms. The van der Waals surface area contributed by atoms with Crippen molar-refractivity contribution in [1.82, 2.24) is 10.6 Å². The average molecular weight is 201 g/mol. The Labute approximate surface area is 84.4 Å². The molecule has 0 spiro atoms. The molecule has 0 aromatic heterocycles. The van der Waals surface area contributed by atoms with Gasteiger partial charge >= 0.3 is 0 Å². The van der Waals surface area contributed by atoms with Crippen LogP contribution < -0.4 is 16.4 Å². The van der Waals surface area contributed by atoms with Gasteiger partial charge in [0.25, 0.3) is 0 Å². The van der Waals surface area contributed by atoms with Gasteiger partial charge in [0.05, 0.1) is 5.54 Å². The summed E-state index contributed by atoms with van der Waals surface area (Å²) in [6.45, 7) is 4.04. The Bertz CT molecular complexity index is 214. The number of hydrogen-bond acceptors (Lipinski definition) is 3. The predicted octanol–water partition coefficient (Wildman–Crippen LogP) is -0.634. The Kier molecular flexibility index (Phi) is 5.15. The van der Waals surface area contributed by atoms with E-state index in [0.717, 1.165) is 0 Å². The first-order valence-corrected chi connectivity index (χ1v) is 4.65. The zero-order valence-corrected chi connectivity index (χ0v) is 9.02. The molecule has 0 saturated heterocycles. The average Bonchev–Trinajstić information content (AvgIpc) is 2.11. The molecule has 0 heterocycles. The fraction of sp³-hybridized carbons (Fsp3) is 0.778. The fourth-order valence-corrected chi connectivity index (χ4v) is 0.862. The van der Waals surface area contributed by atoms with E-state index in [4.69, 9.17) is 5.73 Å². The highest BCUT2D eigenvalue weighted by Gasteiger charge is 2.23. The maximum atomic E-state index is 10.9. The van der Waals surface area contributed by atoms with Crippen molar-refractivity contribution in [3.8, 4) is 0 Å². The molecule has 0 radical (unpaired) electrons. The van der Waals surface area contributed by atoms with E-state index in [-0.39, 0.29) is 5.91 Å². The minimum absolute atomic E-state index is 0.00341. The monoisotopic (exact) mass is 201 g/mol. The van der Waals surface area contributed by atoms with Gasteiger partial charge in [-0.05, 0) is 26.8 Å². The highest BCUT2D eigenvalue weighted by Crippen LogP contribution is 2.00. The lowest BCUT2D eigenvalue weighted by Gasteiger charge is -2.21. The molecular formula is C9H19N3O2. The zero-order valence-electron chi connectivity index (χ0n) is 9.02. The van der Waals surface area contributed by atoms with Gasteiger partial charge < -0.3 is 16.4 Å². The third kappa shape index (κ3) is 4.81. The number of rotatable bonds is 6. The van der Waals surface area contributed by atoms with Gasteiger partial charge in [0.15, 0.2) is 0 Å². The summed E-state index contributed by atoms with van der Waals surface area (Å²) in [6.07, 6.45) is 1.15. The van der Waals surface area contributed by atoms with E-state index < -0.39 is 11.4 Å². The van der Waals surface area contributed by atoms with Crippen LogP contribution >= 0.6 is 0 Å². The summed E-state index contributed by atoms with van der Waals surface area (Å²) >= 11 is 0. The van der Waals surface area contributed by atoms with E-state index in [0.29, 0.717) is 19.4 Å². The van der Waals surface area contributed by atoms with Crippen LogP contribution in [0.3, 0.4) is 0 Å². The summed E-state index contributed by atoms with van der Waals surface area (Å²) in [5, 5.41) is 5.51. The van der Waals surface area contributed by atoms with E-state index in [2.05, 4.69) is 10.6 Å². The van der Waals surface area contributed by atoms with Gasteiger partial charge in [0.1, 0.15) is 0 Å². The molecule has 0 aliphatic rings. The lowest BCUT2D eigenvalue weighted by molar-refractivity contribution is -0.123. The van der Waals surface area contributed by atoms with Gasteiger partial charge in [0.2, 0.25) is 11.8 Å². The molecule has 0 aliphatic heterocycles. The molecule has 0 aromatic carbocycles. The first-order valence-electron chi connectivity index (χ1n) is 4.65. The van der Waals surface area contributed by atoms with Crippen molar-refractivity contribution in [2.45, 2.75) is 32.2 Å². The molecule has 0 aliphatic carbocycles. The van der Waals surface area contributed by atoms with E-state index >= 15 is 0 Å². The topological polar surface area (TPSA) is 84.2 Å². The Morgan fingerprint density at radius 2 is 1.93 bits per heavy atom. The van der Waals surface area contributed by atoms with Crippen LogP contribution in [0.15, 0.2) is 0 Å². The van der Waals surface area contributed by atoms with Gasteiger partial charge in [0, 0.05) is 13.5 Å². The number of nitrogens with one attached hydrogen (secondary N) is 2. The van der Waals surface area contributed by atoms with Gasteiger partial charge in [-0.2, -0.15) is 0 Å². The Morgan fingerprint density at radius 3 is 2.36 bits per heavy atom. The standard InChI is InChI=1S/C9H19N3O2/c1-9(2,8(10)14)12-6-4-5-7(13)11-3/h12H,4-6H2,1-3H3,(H2,10,14)(H,11,13). The van der Waals surface area contributed by atoms with Crippen molar-refractivity contribution in [1.29, 1.82) is 0 Å². The number of primary amides is 1. The lowest BCUT2D eigenvalue weighted by atomic mass is 10.1. The second-order valence-electron chi connectivity index (χ2n) is 3.69. The number of nitrogens with two attached hydrogens (primary N) is 1. The summed E-state index contributed by atoms with van der Waals surface area (Å²) in [5.41, 5.74) is 4.45. The Balaban J connectivity index is 3.64. The molecule has 5 heteroatoms. The van der Waals surface area contributed by atoms with Crippen molar-refractivity contribution in [2.24, 2.45) is 5.73 Å². The van der Waals surface area contributed by atoms with Crippen molar-refractivity contribution < 1.29 is 9.59 Å². The second-order valence-corrected chi connectivity index (χ2v) is 3.69. The maximum Gasteiger partial charge on any atom is 0.237 e. The minimum atomic E-state index is -0.706. The quantitative estimate of drug-likeness (QED) is 0.500. The van der Waals surface area contributed by atoms with E-state index in [1.165, 1.54) is 0 Å². The van der Waals surface area contributed by atoms with Crippen LogP contribution in [0.1, 0.15) is 26.7 Å². The van der Waals surface area contributed by atoms with Crippen LogP contribution in [0.5, 0.6) is 0 Å². The molecule has 14 heavy (non-hydrogen) atoms. The lowest BCUT2D eigenvalue weighted by Crippen LogP contribution is -2.50. The zero-order chi connectivity index (χ0) is 11.2. The minimum Gasteiger partial charge on any atom is -0.368 e. The van der Waals surface area contributed by atoms with E-state index in [1.54, 1.807) is 20.9 Å². The van der Waals surface area contributed by atoms with Crippen LogP contribution in [-0.4, -0.2) is 30.9 Å². The fourth-order valence-electron chi connectivity index (χ4n) is 0.862. The molecule has 0 unspecified atom stereocenters. The number of carbonyl (C=O) groups is 2. The molecule has 0 aromatic rings. The number of carbonyl (C=O) groups excluding carboxylic acids is 2. The molecule has 4 N–H and O–H groups in total. The van der Waals surface area contributed by atoms with Gasteiger partial charge in [-0.25, -0.2) is 0 Å². The molecule has 2 amide bonds. The molecule has 0 saturated carbocycles. The summed E-state index contributed by atoms with van der Waals surface area (Å²) < 4.78 is 0. The van der Waals surface area contributed by atoms with Crippen molar-refractivity contribution in [3.05, 3.63) is 0 Å². The summed E-state index contributed by atoms with van der Waals surface area (Å²) in [4.78, 5) is 21.7. The van der Waals surface area contributed by atoms with Crippen LogP contribution in [-0.2, 0) is 9.59 Å². The first kappa shape index (κ1) is 12.9. The molecular weight excluding hydrogens is 182 g/mol. The largest absolute Gasteiger partial charge is 0.368 e. The summed E-state index contributed by atoms with van der Waals surface area (Å²) in [5.74, 6) is -0.388.